The van der Waals surface area contributed by atoms with E-state index in [-0.39, 0.29) is 5.41 Å². The van der Waals surface area contributed by atoms with E-state index in [9.17, 15) is 0 Å². The third kappa shape index (κ3) is 2.33. The van der Waals surface area contributed by atoms with E-state index < -0.39 is 0 Å². The van der Waals surface area contributed by atoms with Gasteiger partial charge in [0.1, 0.15) is 0 Å². The van der Waals surface area contributed by atoms with Crippen LogP contribution in [0.5, 0.6) is 0 Å². The molecule has 0 radical (unpaired) electrons. The molecule has 0 fully saturated rings. The van der Waals surface area contributed by atoms with E-state index in [0.717, 1.165) is 11.4 Å². The monoisotopic (exact) mass is 229 g/mol. The van der Waals surface area contributed by atoms with Gasteiger partial charge in [-0.15, -0.1) is 0 Å². The van der Waals surface area contributed by atoms with Crippen molar-refractivity contribution in [3.63, 3.8) is 0 Å². The van der Waals surface area contributed by atoms with Gasteiger partial charge < -0.3 is 5.73 Å². The zero-order valence-corrected chi connectivity index (χ0v) is 10.9. The molecule has 0 bridgehead atoms. The summed E-state index contributed by atoms with van der Waals surface area (Å²) in [5, 5.41) is 0. The first-order valence-electron chi connectivity index (χ1n) is 5.80. The maximum atomic E-state index is 5.96. The van der Waals surface area contributed by atoms with Gasteiger partial charge in [-0.1, -0.05) is 38.5 Å². The summed E-state index contributed by atoms with van der Waals surface area (Å²) >= 11 is 0. The number of nitrogens with two attached hydrogens (primary N) is 1. The Hall–Kier alpha value is -1.77. The van der Waals surface area contributed by atoms with Gasteiger partial charge in [-0.2, -0.15) is 0 Å². The molecule has 1 aromatic carbocycles. The van der Waals surface area contributed by atoms with E-state index in [0.29, 0.717) is 5.95 Å². The molecule has 0 aliphatic rings. The smallest absolute Gasteiger partial charge is 0.205 e. The Labute approximate surface area is 102 Å². The fourth-order valence-corrected chi connectivity index (χ4v) is 1.67. The summed E-state index contributed by atoms with van der Waals surface area (Å²) in [5.41, 5.74) is 9.28. The summed E-state index contributed by atoms with van der Waals surface area (Å²) in [7, 11) is 0. The minimum atomic E-state index is 0.0179. The fraction of sp³-hybridized carbons (Fsp3) is 0.357. The molecule has 0 atom stereocenters. The number of aromatic nitrogens is 2. The first kappa shape index (κ1) is 11.7. The normalized spacial score (nSPS) is 11.8. The highest BCUT2D eigenvalue weighted by atomic mass is 15.1. The number of nitrogen functional groups attached to an aromatic ring is 1. The third-order valence-electron chi connectivity index (χ3n) is 2.81. The van der Waals surface area contributed by atoms with Crippen molar-refractivity contribution in [3.05, 3.63) is 41.7 Å². The van der Waals surface area contributed by atoms with Gasteiger partial charge in [0.15, 0.2) is 0 Å². The lowest BCUT2D eigenvalue weighted by atomic mass is 9.93. The molecule has 2 aromatic rings. The number of hydrogen-bond acceptors (Lipinski definition) is 2. The maximum absolute atomic E-state index is 5.96. The molecule has 1 aromatic heterocycles. The molecule has 0 unspecified atom stereocenters. The van der Waals surface area contributed by atoms with Crippen molar-refractivity contribution in [2.24, 2.45) is 0 Å². The molecular formula is C14H19N3. The number of nitrogens with zero attached hydrogens (tertiary/aromatic N) is 2. The third-order valence-corrected chi connectivity index (χ3v) is 2.81. The van der Waals surface area contributed by atoms with Gasteiger partial charge in [-0.3, -0.25) is 4.57 Å². The van der Waals surface area contributed by atoms with Gasteiger partial charge in [-0.05, 0) is 19.1 Å². The van der Waals surface area contributed by atoms with Crippen molar-refractivity contribution in [1.29, 1.82) is 0 Å². The average Bonchev–Trinajstić information content (AvgIpc) is 2.61. The van der Waals surface area contributed by atoms with E-state index in [2.05, 4.69) is 56.9 Å². The lowest BCUT2D eigenvalue weighted by Gasteiger charge is -2.13. The second kappa shape index (κ2) is 3.91. The highest BCUT2D eigenvalue weighted by Gasteiger charge is 2.19. The van der Waals surface area contributed by atoms with Crippen molar-refractivity contribution in [3.8, 4) is 5.69 Å². The molecule has 0 amide bonds. The van der Waals surface area contributed by atoms with Crippen LogP contribution in [0.3, 0.4) is 0 Å². The van der Waals surface area contributed by atoms with Crippen LogP contribution in [0.15, 0.2) is 30.5 Å². The second-order valence-corrected chi connectivity index (χ2v) is 5.44. The van der Waals surface area contributed by atoms with Gasteiger partial charge in [0.2, 0.25) is 5.95 Å². The van der Waals surface area contributed by atoms with Gasteiger partial charge in [0, 0.05) is 17.3 Å². The minimum Gasteiger partial charge on any atom is -0.369 e. The lowest BCUT2D eigenvalue weighted by molar-refractivity contribution is 0.572. The predicted octanol–water partition coefficient (Wildman–Crippen LogP) is 3.06. The van der Waals surface area contributed by atoms with Crippen LogP contribution in [0.25, 0.3) is 5.69 Å². The summed E-state index contributed by atoms with van der Waals surface area (Å²) in [6.45, 7) is 8.47. The first-order valence-corrected chi connectivity index (χ1v) is 5.80. The SMILES string of the molecule is Cc1ccc(-n2cc(C(C)(C)C)nc2N)cc1. The highest BCUT2D eigenvalue weighted by Crippen LogP contribution is 2.24. The summed E-state index contributed by atoms with van der Waals surface area (Å²) in [6, 6.07) is 8.26. The Bertz CT molecular complexity index is 515. The Morgan fingerprint density at radius 3 is 2.18 bits per heavy atom. The number of benzene rings is 1. The zero-order valence-electron chi connectivity index (χ0n) is 10.9. The van der Waals surface area contributed by atoms with Crippen LogP contribution in [0.4, 0.5) is 5.95 Å². The van der Waals surface area contributed by atoms with Crippen molar-refractivity contribution < 1.29 is 0 Å². The number of imidazole rings is 1. The molecule has 3 heteroatoms. The van der Waals surface area contributed by atoms with Crippen molar-refractivity contribution in [2.45, 2.75) is 33.1 Å². The minimum absolute atomic E-state index is 0.0179. The van der Waals surface area contributed by atoms with Crippen LogP contribution in [0.2, 0.25) is 0 Å². The van der Waals surface area contributed by atoms with Crippen molar-refractivity contribution in [2.75, 3.05) is 5.73 Å². The summed E-state index contributed by atoms with van der Waals surface area (Å²) in [6.07, 6.45) is 2.01. The number of aryl methyl sites for hydroxylation is 1. The molecule has 0 saturated heterocycles. The summed E-state index contributed by atoms with van der Waals surface area (Å²) < 4.78 is 1.93. The summed E-state index contributed by atoms with van der Waals surface area (Å²) in [4.78, 5) is 4.42. The molecule has 0 aliphatic heterocycles. The fourth-order valence-electron chi connectivity index (χ4n) is 1.67. The quantitative estimate of drug-likeness (QED) is 0.816. The van der Waals surface area contributed by atoms with E-state index in [1.807, 2.05) is 10.8 Å². The van der Waals surface area contributed by atoms with Crippen molar-refractivity contribution >= 4 is 5.95 Å². The van der Waals surface area contributed by atoms with E-state index in [1.165, 1.54) is 5.56 Å². The highest BCUT2D eigenvalue weighted by molar-refractivity contribution is 5.42. The molecular weight excluding hydrogens is 210 g/mol. The van der Waals surface area contributed by atoms with Crippen LogP contribution in [0, 0.1) is 6.92 Å². The first-order chi connectivity index (χ1) is 7.88. The molecule has 0 spiro atoms. The van der Waals surface area contributed by atoms with Gasteiger partial charge in [-0.25, -0.2) is 4.98 Å². The van der Waals surface area contributed by atoms with E-state index in [1.54, 1.807) is 0 Å². The van der Waals surface area contributed by atoms with Gasteiger partial charge in [0.05, 0.1) is 5.69 Å². The second-order valence-electron chi connectivity index (χ2n) is 5.44. The topological polar surface area (TPSA) is 43.8 Å². The lowest BCUT2D eigenvalue weighted by Crippen LogP contribution is -2.11. The molecule has 17 heavy (non-hydrogen) atoms. The Morgan fingerprint density at radius 2 is 1.71 bits per heavy atom. The number of hydrogen-bond donors (Lipinski definition) is 1. The average molecular weight is 229 g/mol. The Balaban J connectivity index is 2.46. The van der Waals surface area contributed by atoms with Crippen molar-refractivity contribution in [1.82, 2.24) is 9.55 Å². The molecule has 0 saturated carbocycles. The van der Waals surface area contributed by atoms with E-state index >= 15 is 0 Å². The Kier molecular flexibility index (Phi) is 2.69. The van der Waals surface area contributed by atoms with Crippen LogP contribution in [0.1, 0.15) is 32.0 Å². The van der Waals surface area contributed by atoms with Crippen LogP contribution in [-0.4, -0.2) is 9.55 Å². The van der Waals surface area contributed by atoms with Gasteiger partial charge >= 0.3 is 0 Å². The van der Waals surface area contributed by atoms with Crippen LogP contribution in [-0.2, 0) is 5.41 Å². The van der Waals surface area contributed by atoms with Gasteiger partial charge in [0.25, 0.3) is 0 Å². The zero-order chi connectivity index (χ0) is 12.6. The molecule has 2 N–H and O–H groups in total. The molecule has 1 heterocycles. The molecule has 0 aliphatic carbocycles. The molecule has 2 rings (SSSR count). The predicted molar refractivity (Wildman–Crippen MR) is 71.4 cm³/mol. The Morgan fingerprint density at radius 1 is 1.12 bits per heavy atom. The standard InChI is InChI=1S/C14H19N3/c1-10-5-7-11(8-6-10)17-9-12(14(2,3)4)16-13(17)15/h5-9H,1-4H3,(H2,15,16). The maximum Gasteiger partial charge on any atom is 0.205 e. The van der Waals surface area contributed by atoms with Crippen LogP contribution >= 0.6 is 0 Å². The molecule has 90 valence electrons. The number of anilines is 1. The number of rotatable bonds is 1. The van der Waals surface area contributed by atoms with E-state index in [4.69, 9.17) is 5.73 Å². The summed E-state index contributed by atoms with van der Waals surface area (Å²) in [5.74, 6) is 0.541. The largest absolute Gasteiger partial charge is 0.369 e. The van der Waals surface area contributed by atoms with Crippen LogP contribution < -0.4 is 5.73 Å². The molecule has 3 nitrogen and oxygen atoms in total.